The number of likely N-dealkylation sites (N-methyl/N-ethyl adjacent to an activating group) is 1. The second kappa shape index (κ2) is 7.56. The van der Waals surface area contributed by atoms with Gasteiger partial charge in [-0.05, 0) is 29.7 Å². The molecule has 1 aliphatic rings. The maximum Gasteiger partial charge on any atom is 0.263 e. The van der Waals surface area contributed by atoms with E-state index in [2.05, 4.69) is 4.98 Å². The van der Waals surface area contributed by atoms with E-state index in [4.69, 9.17) is 4.74 Å². The number of carbonyl (C=O) groups is 1. The zero-order chi connectivity index (χ0) is 21.6. The van der Waals surface area contributed by atoms with Gasteiger partial charge in [0, 0.05) is 29.4 Å². The first-order valence-electron chi connectivity index (χ1n) is 9.04. The molecule has 2 aromatic carbocycles. The van der Waals surface area contributed by atoms with E-state index in [0.717, 1.165) is 12.1 Å². The minimum atomic E-state index is -2.65. The molecule has 30 heavy (non-hydrogen) atoms. The number of fused-ring (bicyclic) bond motifs is 3. The van der Waals surface area contributed by atoms with Crippen LogP contribution >= 0.6 is 0 Å². The van der Waals surface area contributed by atoms with E-state index in [1.165, 1.54) is 36.2 Å². The molecular formula is C21H16F4N2O3. The number of rotatable bonds is 3. The number of hydrogen-bond acceptors (Lipinski definition) is 3. The van der Waals surface area contributed by atoms with Gasteiger partial charge in [-0.3, -0.25) is 9.59 Å². The van der Waals surface area contributed by atoms with Gasteiger partial charge in [-0.25, -0.2) is 17.6 Å². The number of halogens is 4. The summed E-state index contributed by atoms with van der Waals surface area (Å²) in [5.41, 5.74) is 0.197. The predicted molar refractivity (Wildman–Crippen MR) is 100 cm³/mol. The smallest absolute Gasteiger partial charge is 0.263 e. The Kier molecular flexibility index (Phi) is 5.07. The number of benzene rings is 2. The van der Waals surface area contributed by atoms with E-state index in [9.17, 15) is 27.2 Å². The Morgan fingerprint density at radius 1 is 1.13 bits per heavy atom. The summed E-state index contributed by atoms with van der Waals surface area (Å²) < 4.78 is 58.6. The van der Waals surface area contributed by atoms with Crippen LogP contribution in [0.15, 0.2) is 41.2 Å². The molecule has 1 atom stereocenters. The molecule has 1 amide bonds. The summed E-state index contributed by atoms with van der Waals surface area (Å²) in [6.45, 7) is 0.103. The highest BCUT2D eigenvalue weighted by Crippen LogP contribution is 2.34. The monoisotopic (exact) mass is 420 g/mol. The fourth-order valence-electron chi connectivity index (χ4n) is 3.66. The second-order valence-electron chi connectivity index (χ2n) is 7.03. The van der Waals surface area contributed by atoms with E-state index in [1.54, 1.807) is 0 Å². The summed E-state index contributed by atoms with van der Waals surface area (Å²) in [6, 6.07) is 5.98. The molecule has 1 aliphatic heterocycles. The number of nitrogens with one attached hydrogen (secondary N) is 1. The van der Waals surface area contributed by atoms with Crippen LogP contribution in [0.4, 0.5) is 17.6 Å². The van der Waals surface area contributed by atoms with Gasteiger partial charge in [-0.2, -0.15) is 0 Å². The van der Waals surface area contributed by atoms with Crippen molar-refractivity contribution in [3.63, 3.8) is 0 Å². The molecule has 156 valence electrons. The van der Waals surface area contributed by atoms with Crippen molar-refractivity contribution in [2.45, 2.75) is 19.1 Å². The molecule has 0 fully saturated rings. The van der Waals surface area contributed by atoms with Crippen LogP contribution in [0.25, 0.3) is 10.8 Å². The largest absolute Gasteiger partial charge is 0.373 e. The van der Waals surface area contributed by atoms with Crippen molar-refractivity contribution in [1.82, 2.24) is 9.88 Å². The van der Waals surface area contributed by atoms with Crippen LogP contribution in [0, 0.1) is 11.6 Å². The van der Waals surface area contributed by atoms with Gasteiger partial charge in [0.1, 0.15) is 0 Å². The van der Waals surface area contributed by atoms with Gasteiger partial charge in [-0.1, -0.05) is 12.1 Å². The van der Waals surface area contributed by atoms with Gasteiger partial charge < -0.3 is 14.6 Å². The quantitative estimate of drug-likeness (QED) is 0.650. The molecule has 0 saturated carbocycles. The fraction of sp³-hybridized carbons (Fsp3) is 0.238. The topological polar surface area (TPSA) is 62.4 Å². The maximum atomic E-state index is 13.9. The number of carbonyl (C=O) groups excluding carboxylic acids is 1. The average molecular weight is 420 g/mol. The predicted octanol–water partition coefficient (Wildman–Crippen LogP) is 4.09. The summed E-state index contributed by atoms with van der Waals surface area (Å²) in [6.07, 6.45) is -2.65. The van der Waals surface area contributed by atoms with Gasteiger partial charge in [0.05, 0.1) is 24.6 Å². The standard InChI is InChI=1S/C21H16F4N2O3/c1-27(21(29)11-4-2-10(3-5-11)19(24)25)17-9-30-8-16-18(17)12-6-14(22)15(23)7-13(12)20(28)26-16/h2-7,17,19H,8-9H2,1H3,(H,26,28)/t17-/m1/s1. The van der Waals surface area contributed by atoms with Crippen LogP contribution in [-0.4, -0.2) is 29.4 Å². The van der Waals surface area contributed by atoms with Crippen molar-refractivity contribution >= 4 is 16.7 Å². The van der Waals surface area contributed by atoms with Crippen molar-refractivity contribution in [3.05, 3.63) is 80.8 Å². The molecule has 4 rings (SSSR count). The lowest BCUT2D eigenvalue weighted by molar-refractivity contribution is 0.0335. The summed E-state index contributed by atoms with van der Waals surface area (Å²) in [7, 11) is 1.49. The number of pyridine rings is 1. The first kappa shape index (κ1) is 20.1. The van der Waals surface area contributed by atoms with Crippen LogP contribution in [-0.2, 0) is 11.3 Å². The molecule has 9 heteroatoms. The highest BCUT2D eigenvalue weighted by atomic mass is 19.3. The van der Waals surface area contributed by atoms with Crippen LogP contribution in [0.3, 0.4) is 0 Å². The van der Waals surface area contributed by atoms with E-state index in [-0.39, 0.29) is 35.1 Å². The van der Waals surface area contributed by atoms with Crippen molar-refractivity contribution in [3.8, 4) is 0 Å². The number of hydrogen-bond donors (Lipinski definition) is 1. The fourth-order valence-corrected chi connectivity index (χ4v) is 3.66. The lowest BCUT2D eigenvalue weighted by atomic mass is 9.95. The Hall–Kier alpha value is -3.20. The van der Waals surface area contributed by atoms with Crippen LogP contribution in [0.1, 0.15) is 39.6 Å². The number of alkyl halides is 2. The van der Waals surface area contributed by atoms with Crippen molar-refractivity contribution < 1.29 is 27.1 Å². The maximum absolute atomic E-state index is 13.9. The van der Waals surface area contributed by atoms with E-state index >= 15 is 0 Å². The molecule has 3 aromatic rings. The Bertz CT molecular complexity index is 1190. The zero-order valence-electron chi connectivity index (χ0n) is 15.7. The highest BCUT2D eigenvalue weighted by molar-refractivity contribution is 5.95. The molecule has 1 aromatic heterocycles. The SMILES string of the molecule is CN(C(=O)c1ccc(C(F)F)cc1)[C@@H]1COCc2[nH]c(=O)c3cc(F)c(F)cc3c21. The van der Waals surface area contributed by atoms with Crippen molar-refractivity contribution in [2.24, 2.45) is 0 Å². The third-order valence-electron chi connectivity index (χ3n) is 5.24. The molecule has 0 unspecified atom stereocenters. The number of amides is 1. The summed E-state index contributed by atoms with van der Waals surface area (Å²) in [4.78, 5) is 29.2. The third kappa shape index (κ3) is 3.35. The van der Waals surface area contributed by atoms with Gasteiger partial charge in [0.15, 0.2) is 11.6 Å². The molecular weight excluding hydrogens is 404 g/mol. The van der Waals surface area contributed by atoms with Crippen molar-refractivity contribution in [1.29, 1.82) is 0 Å². The molecule has 5 nitrogen and oxygen atoms in total. The average Bonchev–Trinajstić information content (AvgIpc) is 2.73. The Morgan fingerprint density at radius 3 is 2.40 bits per heavy atom. The van der Waals surface area contributed by atoms with Gasteiger partial charge >= 0.3 is 0 Å². The lowest BCUT2D eigenvalue weighted by Gasteiger charge is -2.34. The molecule has 0 saturated heterocycles. The number of aromatic nitrogens is 1. The normalized spacial score (nSPS) is 16.0. The third-order valence-corrected chi connectivity index (χ3v) is 5.24. The minimum Gasteiger partial charge on any atom is -0.373 e. The Morgan fingerprint density at radius 2 is 1.77 bits per heavy atom. The number of aromatic amines is 1. The summed E-state index contributed by atoms with van der Waals surface area (Å²) >= 11 is 0. The molecule has 0 spiro atoms. The Labute approximate surface area is 167 Å². The molecule has 2 heterocycles. The Balaban J connectivity index is 1.78. The van der Waals surface area contributed by atoms with E-state index in [0.29, 0.717) is 11.3 Å². The van der Waals surface area contributed by atoms with Crippen LogP contribution < -0.4 is 5.56 Å². The second-order valence-corrected chi connectivity index (χ2v) is 7.03. The van der Waals surface area contributed by atoms with Gasteiger partial charge in [0.25, 0.3) is 17.9 Å². The molecule has 1 N–H and O–H groups in total. The minimum absolute atomic E-state index is 0.0401. The molecule has 0 bridgehead atoms. The molecule has 0 radical (unpaired) electrons. The van der Waals surface area contributed by atoms with Gasteiger partial charge in [-0.15, -0.1) is 0 Å². The van der Waals surface area contributed by atoms with Crippen molar-refractivity contribution in [2.75, 3.05) is 13.7 Å². The first-order valence-corrected chi connectivity index (χ1v) is 9.04. The number of nitrogens with zero attached hydrogens (tertiary/aromatic N) is 1. The van der Waals surface area contributed by atoms with E-state index < -0.39 is 35.6 Å². The van der Waals surface area contributed by atoms with Crippen LogP contribution in [0.2, 0.25) is 0 Å². The summed E-state index contributed by atoms with van der Waals surface area (Å²) in [5, 5.41) is 0.148. The zero-order valence-corrected chi connectivity index (χ0v) is 15.7. The first-order chi connectivity index (χ1) is 14.3. The van der Waals surface area contributed by atoms with Crippen LogP contribution in [0.5, 0.6) is 0 Å². The number of ether oxygens (including phenoxy) is 1. The lowest BCUT2D eigenvalue weighted by Crippen LogP contribution is -2.37. The summed E-state index contributed by atoms with van der Waals surface area (Å²) in [5.74, 6) is -2.74. The number of H-pyrrole nitrogens is 1. The van der Waals surface area contributed by atoms with Gasteiger partial charge in [0.2, 0.25) is 0 Å². The van der Waals surface area contributed by atoms with E-state index in [1.807, 2.05) is 0 Å². The molecule has 0 aliphatic carbocycles. The highest BCUT2D eigenvalue weighted by Gasteiger charge is 2.31.